The number of ether oxygens (including phenoxy) is 4. The molecule has 33 heavy (non-hydrogen) atoms. The Kier molecular flexibility index (Phi) is 9.95. The van der Waals surface area contributed by atoms with E-state index >= 15 is 0 Å². The minimum absolute atomic E-state index is 0.00631. The molecule has 1 amide bonds. The minimum Gasteiger partial charge on any atom is -0.497 e. The Morgan fingerprint density at radius 3 is 2.82 bits per heavy atom. The Labute approximate surface area is 199 Å². The van der Waals surface area contributed by atoms with Gasteiger partial charge in [-0.15, -0.1) is 11.3 Å². The zero-order valence-electron chi connectivity index (χ0n) is 19.6. The first kappa shape index (κ1) is 25.5. The highest BCUT2D eigenvalue weighted by Crippen LogP contribution is 2.34. The number of carbonyl (C=O) groups is 1. The summed E-state index contributed by atoms with van der Waals surface area (Å²) in [6.45, 7) is 2.77. The summed E-state index contributed by atoms with van der Waals surface area (Å²) >= 11 is 1.72. The molecule has 8 nitrogen and oxygen atoms in total. The van der Waals surface area contributed by atoms with Gasteiger partial charge < -0.3 is 29.0 Å². The number of carbonyl (C=O) groups excluding carboxylic acids is 1. The Hall–Kier alpha value is -2.17. The Morgan fingerprint density at radius 1 is 1.24 bits per heavy atom. The fourth-order valence-electron chi connectivity index (χ4n) is 4.02. The van der Waals surface area contributed by atoms with Gasteiger partial charge in [-0.3, -0.25) is 9.69 Å². The second-order valence-electron chi connectivity index (χ2n) is 7.98. The zero-order valence-corrected chi connectivity index (χ0v) is 20.4. The third-order valence-corrected chi connectivity index (χ3v) is 6.66. The van der Waals surface area contributed by atoms with Gasteiger partial charge in [-0.2, -0.15) is 0 Å². The van der Waals surface area contributed by atoms with Gasteiger partial charge in [0.2, 0.25) is 5.91 Å². The van der Waals surface area contributed by atoms with Crippen molar-refractivity contribution >= 4 is 17.2 Å². The number of benzene rings is 1. The van der Waals surface area contributed by atoms with E-state index in [0.29, 0.717) is 38.6 Å². The van der Waals surface area contributed by atoms with Crippen LogP contribution in [0.5, 0.6) is 11.5 Å². The molecule has 0 spiro atoms. The van der Waals surface area contributed by atoms with Crippen LogP contribution in [0.15, 0.2) is 35.7 Å². The highest BCUT2D eigenvalue weighted by molar-refractivity contribution is 7.10. The van der Waals surface area contributed by atoms with Gasteiger partial charge in [0.05, 0.1) is 39.0 Å². The van der Waals surface area contributed by atoms with Gasteiger partial charge in [-0.05, 0) is 35.6 Å². The molecule has 0 saturated heterocycles. The number of fused-ring (bicyclic) bond motifs is 1. The molecule has 9 heteroatoms. The number of aliphatic hydroxyl groups excluding tert-OH is 1. The molecule has 0 bridgehead atoms. The summed E-state index contributed by atoms with van der Waals surface area (Å²) < 4.78 is 21.6. The Morgan fingerprint density at radius 2 is 2.06 bits per heavy atom. The van der Waals surface area contributed by atoms with Crippen LogP contribution in [0, 0.1) is 0 Å². The molecule has 3 rings (SSSR count). The number of methoxy groups -OCH3 is 3. The summed E-state index contributed by atoms with van der Waals surface area (Å²) in [7, 11) is 4.80. The van der Waals surface area contributed by atoms with Crippen LogP contribution in [0.1, 0.15) is 16.5 Å². The number of nitrogens with zero attached hydrogens (tertiary/aromatic N) is 2. The molecule has 0 aliphatic carbocycles. The van der Waals surface area contributed by atoms with E-state index in [1.165, 1.54) is 4.88 Å². The third-order valence-electron chi connectivity index (χ3n) is 5.66. The summed E-state index contributed by atoms with van der Waals surface area (Å²) in [5, 5.41) is 12.3. The molecule has 0 saturated carbocycles. The molecule has 1 aliphatic heterocycles. The summed E-state index contributed by atoms with van der Waals surface area (Å²) in [4.78, 5) is 18.5. The largest absolute Gasteiger partial charge is 0.497 e. The quantitative estimate of drug-likeness (QED) is 0.473. The van der Waals surface area contributed by atoms with E-state index in [0.717, 1.165) is 17.7 Å². The molecule has 182 valence electrons. The first-order valence-electron chi connectivity index (χ1n) is 11.1. The van der Waals surface area contributed by atoms with E-state index in [2.05, 4.69) is 11.4 Å². The molecular weight excluding hydrogens is 444 g/mol. The minimum atomic E-state index is -0.670. The lowest BCUT2D eigenvalue weighted by atomic mass is 10.0. The first-order valence-corrected chi connectivity index (χ1v) is 11.9. The summed E-state index contributed by atoms with van der Waals surface area (Å²) in [5.41, 5.74) is 1.14. The number of aliphatic hydroxyl groups is 1. The first-order chi connectivity index (χ1) is 16.0. The van der Waals surface area contributed by atoms with Crippen molar-refractivity contribution in [3.8, 4) is 11.5 Å². The van der Waals surface area contributed by atoms with E-state index in [1.54, 1.807) is 32.7 Å². The van der Waals surface area contributed by atoms with Crippen LogP contribution < -0.4 is 9.47 Å². The van der Waals surface area contributed by atoms with E-state index in [1.807, 2.05) is 34.1 Å². The van der Waals surface area contributed by atoms with Gasteiger partial charge in [-0.25, -0.2) is 0 Å². The van der Waals surface area contributed by atoms with Crippen molar-refractivity contribution in [3.63, 3.8) is 0 Å². The number of rotatable bonds is 13. The van der Waals surface area contributed by atoms with Crippen molar-refractivity contribution in [2.45, 2.75) is 18.6 Å². The summed E-state index contributed by atoms with van der Waals surface area (Å²) in [6.07, 6.45) is 0.162. The van der Waals surface area contributed by atoms with Crippen LogP contribution in [0.4, 0.5) is 0 Å². The number of hydrogen-bond donors (Lipinski definition) is 1. The van der Waals surface area contributed by atoms with Gasteiger partial charge in [0.1, 0.15) is 18.1 Å². The zero-order chi connectivity index (χ0) is 23.6. The van der Waals surface area contributed by atoms with Crippen LogP contribution >= 0.6 is 11.3 Å². The van der Waals surface area contributed by atoms with Crippen LogP contribution in [-0.4, -0.2) is 94.2 Å². The molecule has 2 atom stereocenters. The molecule has 1 aromatic heterocycles. The molecular formula is C24H34N2O6S. The van der Waals surface area contributed by atoms with Crippen molar-refractivity contribution < 1.29 is 28.8 Å². The van der Waals surface area contributed by atoms with Gasteiger partial charge in [0.25, 0.3) is 0 Å². The maximum absolute atomic E-state index is 13.4. The van der Waals surface area contributed by atoms with Crippen LogP contribution in [0.3, 0.4) is 0 Å². The lowest BCUT2D eigenvalue weighted by Gasteiger charge is -2.37. The molecule has 1 aromatic carbocycles. The highest BCUT2D eigenvalue weighted by atomic mass is 32.1. The van der Waals surface area contributed by atoms with Gasteiger partial charge in [-0.1, -0.05) is 6.07 Å². The molecule has 1 aliphatic rings. The number of thiophene rings is 1. The summed E-state index contributed by atoms with van der Waals surface area (Å²) in [5.74, 6) is 1.43. The Balaban J connectivity index is 1.71. The van der Waals surface area contributed by atoms with Crippen molar-refractivity contribution in [3.05, 3.63) is 46.2 Å². The van der Waals surface area contributed by atoms with Crippen molar-refractivity contribution in [2.24, 2.45) is 0 Å². The predicted molar refractivity (Wildman–Crippen MR) is 127 cm³/mol. The average Bonchev–Trinajstić information content (AvgIpc) is 3.30. The van der Waals surface area contributed by atoms with Crippen LogP contribution in [-0.2, 0) is 20.7 Å². The molecule has 1 N–H and O–H groups in total. The predicted octanol–water partition coefficient (Wildman–Crippen LogP) is 2.22. The molecule has 0 radical (unpaired) electrons. The van der Waals surface area contributed by atoms with Gasteiger partial charge >= 0.3 is 0 Å². The fraction of sp³-hybridized carbons (Fsp3) is 0.542. The fourth-order valence-corrected chi connectivity index (χ4v) is 4.95. The molecule has 2 heterocycles. The maximum Gasteiger partial charge on any atom is 0.237 e. The smallest absolute Gasteiger partial charge is 0.237 e. The number of hydrogen-bond acceptors (Lipinski definition) is 8. The Bertz CT molecular complexity index is 876. The highest BCUT2D eigenvalue weighted by Gasteiger charge is 2.33. The van der Waals surface area contributed by atoms with Crippen molar-refractivity contribution in [1.29, 1.82) is 0 Å². The third kappa shape index (κ3) is 7.15. The van der Waals surface area contributed by atoms with Crippen LogP contribution in [0.2, 0.25) is 0 Å². The number of amides is 1. The van der Waals surface area contributed by atoms with Gasteiger partial charge in [0.15, 0.2) is 0 Å². The van der Waals surface area contributed by atoms with Gasteiger partial charge in [0, 0.05) is 44.8 Å². The van der Waals surface area contributed by atoms with Crippen molar-refractivity contribution in [2.75, 3.05) is 67.3 Å². The lowest BCUT2D eigenvalue weighted by molar-refractivity contribution is -0.136. The molecule has 2 aromatic rings. The molecule has 2 unspecified atom stereocenters. The van der Waals surface area contributed by atoms with E-state index in [9.17, 15) is 9.90 Å². The van der Waals surface area contributed by atoms with Crippen molar-refractivity contribution in [1.82, 2.24) is 9.80 Å². The van der Waals surface area contributed by atoms with E-state index in [4.69, 9.17) is 18.9 Å². The van der Waals surface area contributed by atoms with E-state index in [-0.39, 0.29) is 25.1 Å². The maximum atomic E-state index is 13.4. The summed E-state index contributed by atoms with van der Waals surface area (Å²) in [6, 6.07) is 9.39. The van der Waals surface area contributed by atoms with E-state index < -0.39 is 6.10 Å². The topological polar surface area (TPSA) is 80.7 Å². The van der Waals surface area contributed by atoms with Crippen LogP contribution in [0.25, 0.3) is 0 Å². The standard InChI is InChI=1S/C24H34N2O6S/c1-29-11-10-25(14-18(27)16-30-2)15-24(28)26-9-7-23-21(8-12-33-23)22(26)17-32-20-6-4-5-19(13-20)31-3/h4-6,8,12-13,18,22,27H,7,9-11,14-17H2,1-3H3. The normalized spacial score (nSPS) is 16.5. The second kappa shape index (κ2) is 12.9. The average molecular weight is 479 g/mol. The molecule has 0 fully saturated rings. The SMILES string of the molecule is COCCN(CC(=O)N1CCc2sccc2C1COc1cccc(OC)c1)CC(O)COC. The monoisotopic (exact) mass is 478 g/mol. The lowest BCUT2D eigenvalue weighted by Crippen LogP contribution is -2.48. The second-order valence-corrected chi connectivity index (χ2v) is 8.98.